The van der Waals surface area contributed by atoms with Crippen LogP contribution in [0.3, 0.4) is 0 Å². The van der Waals surface area contributed by atoms with Crippen LogP contribution in [-0.4, -0.2) is 9.55 Å². The summed E-state index contributed by atoms with van der Waals surface area (Å²) in [6.45, 7) is 0. The van der Waals surface area contributed by atoms with Crippen molar-refractivity contribution in [2.24, 2.45) is 0 Å². The van der Waals surface area contributed by atoms with Crippen molar-refractivity contribution in [3.63, 3.8) is 0 Å². The predicted molar refractivity (Wildman–Crippen MR) is 206 cm³/mol. The van der Waals surface area contributed by atoms with E-state index in [2.05, 4.69) is 179 Å². The van der Waals surface area contributed by atoms with Gasteiger partial charge in [0.25, 0.3) is 0 Å². The Bertz CT molecular complexity index is 2400. The molecule has 0 saturated carbocycles. The highest BCUT2D eigenvalue weighted by Crippen LogP contribution is 2.49. The molecule has 2 aromatic heterocycles. The molecule has 3 heteroatoms. The van der Waals surface area contributed by atoms with Crippen LogP contribution in [0.1, 0.15) is 0 Å². The Hall–Kier alpha value is -6.71. The highest BCUT2D eigenvalue weighted by atomic mass is 16.3. The van der Waals surface area contributed by atoms with Gasteiger partial charge in [0, 0.05) is 22.4 Å². The van der Waals surface area contributed by atoms with Gasteiger partial charge in [-0.15, -0.1) is 0 Å². The minimum absolute atomic E-state index is 0.631. The topological polar surface area (TPSA) is 31.0 Å². The average molecular weight is 641 g/mol. The van der Waals surface area contributed by atoms with Crippen LogP contribution in [0.2, 0.25) is 0 Å². The maximum absolute atomic E-state index is 6.02. The third-order valence-electron chi connectivity index (χ3n) is 9.27. The molecule has 9 aromatic rings. The monoisotopic (exact) mass is 640 g/mol. The van der Waals surface area contributed by atoms with Crippen LogP contribution in [0, 0.1) is 0 Å². The van der Waals surface area contributed by atoms with Crippen LogP contribution in [0.5, 0.6) is 0 Å². The van der Waals surface area contributed by atoms with Gasteiger partial charge in [-0.2, -0.15) is 0 Å². The Morgan fingerprint density at radius 3 is 1.22 bits per heavy atom. The molecule has 0 aliphatic carbocycles. The summed E-state index contributed by atoms with van der Waals surface area (Å²) in [5.41, 5.74) is 15.4. The Morgan fingerprint density at radius 1 is 0.340 bits per heavy atom. The molecule has 0 radical (unpaired) electrons. The van der Waals surface area contributed by atoms with Crippen LogP contribution in [0.15, 0.2) is 199 Å². The van der Waals surface area contributed by atoms with E-state index in [1.54, 1.807) is 0 Å². The van der Waals surface area contributed by atoms with E-state index in [-0.39, 0.29) is 0 Å². The molecule has 0 aliphatic rings. The second kappa shape index (κ2) is 12.7. The Labute approximate surface area is 291 Å². The molecule has 50 heavy (non-hydrogen) atoms. The molecule has 0 unspecified atom stereocenters. The lowest BCUT2D eigenvalue weighted by atomic mass is 9.91. The molecule has 3 nitrogen and oxygen atoms in total. The number of rotatable bonds is 7. The molecule has 0 atom stereocenters. The summed E-state index contributed by atoms with van der Waals surface area (Å²) in [5, 5.41) is 0. The Balaban J connectivity index is 1.23. The van der Waals surface area contributed by atoms with Gasteiger partial charge in [0.15, 0.2) is 5.58 Å². The predicted octanol–water partition coefficient (Wildman–Crippen LogP) is 12.6. The van der Waals surface area contributed by atoms with E-state index in [9.17, 15) is 0 Å². The number of para-hydroxylation sites is 2. The van der Waals surface area contributed by atoms with Crippen molar-refractivity contribution in [3.8, 4) is 73.0 Å². The first-order valence-corrected chi connectivity index (χ1v) is 16.9. The molecule has 9 rings (SSSR count). The molecule has 0 saturated heterocycles. The molecular formula is C47H32N2O. The van der Waals surface area contributed by atoms with Crippen LogP contribution in [0.25, 0.3) is 84.1 Å². The van der Waals surface area contributed by atoms with Gasteiger partial charge in [0.1, 0.15) is 5.52 Å². The summed E-state index contributed by atoms with van der Waals surface area (Å²) in [5.74, 6) is 0.631. The van der Waals surface area contributed by atoms with E-state index >= 15 is 0 Å². The average Bonchev–Trinajstić information content (AvgIpc) is 3.80. The fraction of sp³-hybridized carbons (Fsp3) is 0. The fourth-order valence-corrected chi connectivity index (χ4v) is 6.94. The summed E-state index contributed by atoms with van der Waals surface area (Å²) in [7, 11) is 0. The lowest BCUT2D eigenvalue weighted by Crippen LogP contribution is -2.00. The lowest BCUT2D eigenvalue weighted by molar-refractivity contribution is 0.620. The largest absolute Gasteiger partial charge is 0.436 e. The number of oxazole rings is 1. The summed E-state index contributed by atoms with van der Waals surface area (Å²) in [6.07, 6.45) is 0. The molecule has 0 aliphatic heterocycles. The molecule has 0 fully saturated rings. The first-order chi connectivity index (χ1) is 24.8. The van der Waals surface area contributed by atoms with Gasteiger partial charge in [-0.3, -0.25) is 0 Å². The van der Waals surface area contributed by atoms with Crippen LogP contribution >= 0.6 is 0 Å². The van der Waals surface area contributed by atoms with Crippen molar-refractivity contribution < 1.29 is 4.42 Å². The highest BCUT2D eigenvalue weighted by molar-refractivity contribution is 6.03. The minimum atomic E-state index is 0.631. The molecule has 0 amide bonds. The number of nitrogens with zero attached hydrogens (tertiary/aromatic N) is 2. The zero-order chi connectivity index (χ0) is 33.3. The normalized spacial score (nSPS) is 11.2. The second-order valence-electron chi connectivity index (χ2n) is 12.4. The Morgan fingerprint density at radius 2 is 0.740 bits per heavy atom. The van der Waals surface area contributed by atoms with E-state index in [0.717, 1.165) is 56.0 Å². The van der Waals surface area contributed by atoms with E-state index in [1.807, 2.05) is 24.3 Å². The van der Waals surface area contributed by atoms with Crippen molar-refractivity contribution in [3.05, 3.63) is 194 Å². The van der Waals surface area contributed by atoms with E-state index in [0.29, 0.717) is 5.89 Å². The van der Waals surface area contributed by atoms with Crippen molar-refractivity contribution >= 4 is 11.1 Å². The van der Waals surface area contributed by atoms with Gasteiger partial charge >= 0.3 is 0 Å². The number of hydrogen-bond acceptors (Lipinski definition) is 2. The van der Waals surface area contributed by atoms with Crippen molar-refractivity contribution in [1.82, 2.24) is 9.55 Å². The third kappa shape index (κ3) is 5.32. The molecule has 236 valence electrons. The summed E-state index contributed by atoms with van der Waals surface area (Å²) in [6, 6.07) is 68.3. The summed E-state index contributed by atoms with van der Waals surface area (Å²) in [4.78, 5) is 4.68. The first kappa shape index (κ1) is 29.4. The third-order valence-corrected chi connectivity index (χ3v) is 9.27. The van der Waals surface area contributed by atoms with E-state index in [4.69, 9.17) is 4.42 Å². The number of fused-ring (bicyclic) bond motifs is 1. The lowest BCUT2D eigenvalue weighted by Gasteiger charge is -2.16. The van der Waals surface area contributed by atoms with Gasteiger partial charge in [-0.05, 0) is 69.8 Å². The van der Waals surface area contributed by atoms with Crippen molar-refractivity contribution in [1.29, 1.82) is 0 Å². The quantitative estimate of drug-likeness (QED) is 0.174. The molecular weight excluding hydrogens is 609 g/mol. The fourth-order valence-electron chi connectivity index (χ4n) is 6.94. The van der Waals surface area contributed by atoms with Gasteiger partial charge in [-0.25, -0.2) is 4.98 Å². The zero-order valence-corrected chi connectivity index (χ0v) is 27.3. The molecule has 0 bridgehead atoms. The van der Waals surface area contributed by atoms with Gasteiger partial charge in [0.2, 0.25) is 5.89 Å². The highest BCUT2D eigenvalue weighted by Gasteiger charge is 2.27. The van der Waals surface area contributed by atoms with Crippen LogP contribution in [0.4, 0.5) is 0 Å². The molecule has 0 N–H and O–H groups in total. The summed E-state index contributed by atoms with van der Waals surface area (Å²) >= 11 is 0. The van der Waals surface area contributed by atoms with Gasteiger partial charge in [-0.1, -0.05) is 158 Å². The molecule has 0 spiro atoms. The smallest absolute Gasteiger partial charge is 0.227 e. The Kier molecular flexibility index (Phi) is 7.49. The van der Waals surface area contributed by atoms with Crippen LogP contribution < -0.4 is 0 Å². The summed E-state index contributed by atoms with van der Waals surface area (Å²) < 4.78 is 8.48. The number of benzene rings is 7. The molecule has 2 heterocycles. The van der Waals surface area contributed by atoms with Gasteiger partial charge < -0.3 is 8.98 Å². The van der Waals surface area contributed by atoms with Crippen LogP contribution in [-0.2, 0) is 0 Å². The van der Waals surface area contributed by atoms with E-state index in [1.165, 1.54) is 22.3 Å². The zero-order valence-electron chi connectivity index (χ0n) is 27.3. The molecule has 7 aromatic carbocycles. The SMILES string of the molecule is c1ccc(-c2c(-c3ccccc3)c(-c3ccccc3)n(-c3ccc(-c4ccc(-c5nc6ccccc6o5)cc4)cc3)c2-c2ccccc2)cc1. The maximum atomic E-state index is 6.02. The second-order valence-corrected chi connectivity index (χ2v) is 12.4. The van der Waals surface area contributed by atoms with Crippen molar-refractivity contribution in [2.45, 2.75) is 0 Å². The minimum Gasteiger partial charge on any atom is -0.436 e. The van der Waals surface area contributed by atoms with Gasteiger partial charge in [0.05, 0.1) is 11.4 Å². The van der Waals surface area contributed by atoms with Crippen molar-refractivity contribution in [2.75, 3.05) is 0 Å². The first-order valence-electron chi connectivity index (χ1n) is 16.9. The number of aromatic nitrogens is 2. The standard InChI is InChI=1S/C47H32N2O/c1-5-15-35(16-6-1)43-44(36-17-7-2-8-18-36)46(38-21-11-4-12-22-38)49(45(43)37-19-9-3-10-20-37)40-31-29-34(30-32-40)33-25-27-39(28-26-33)47-48-41-23-13-14-24-42(41)50-47/h1-32H. The number of hydrogen-bond donors (Lipinski definition) is 0. The maximum Gasteiger partial charge on any atom is 0.227 e. The van der Waals surface area contributed by atoms with E-state index < -0.39 is 0 Å².